The van der Waals surface area contributed by atoms with Crippen molar-refractivity contribution in [2.75, 3.05) is 13.2 Å². The average Bonchev–Trinajstić information content (AvgIpc) is 1.69. The molecule has 510 valence electrons. The summed E-state index contributed by atoms with van der Waals surface area (Å²) < 4.78 is 52.1. The Bertz CT molecular complexity index is 3360. The van der Waals surface area contributed by atoms with Gasteiger partial charge in [0.1, 0.15) is 46.7 Å². The molecule has 4 saturated heterocycles. The molecule has 2 aromatic carbocycles. The normalized spacial score (nSPS) is 34.9. The molecule has 16 nitrogen and oxygen atoms in total. The second kappa shape index (κ2) is 32.5. The van der Waals surface area contributed by atoms with Gasteiger partial charge in [-0.2, -0.15) is 0 Å². The number of esters is 4. The molecule has 0 spiro atoms. The molecule has 4 aliphatic rings. The molecule has 93 heavy (non-hydrogen) atoms. The van der Waals surface area contributed by atoms with Crippen LogP contribution >= 0.6 is 0 Å². The number of pyridine rings is 2. The highest BCUT2D eigenvalue weighted by molar-refractivity contribution is 6.08. The van der Waals surface area contributed by atoms with Crippen molar-refractivity contribution < 1.29 is 71.2 Å². The lowest BCUT2D eigenvalue weighted by molar-refractivity contribution is -0.190. The standard InChI is InChI=1S/C36H46FNO7.C36H47NO7.2C2H6/c1-9-29-36(8)27(18-30(39)45-36)23(4)31(40)21(2)19-34(6,24(5)22(3)32(41)35(7,37)33(42)44-29)43-16-12-13-25-17-26-14-10-11-15-28(26)38-20-25;1-9-30-36(8)28(18-31(38)44-36)23(4)32(39)21(2)19-35(7,25(6)22(3)33(40)24(5)34(41)43-30)42-16-12-13-26-17-27-14-10-11-15-29(27)37-20-26;2*1-2/h10-15,17,20-24,27,29H,9,16,18-19H2,1-8H3;10-15,17,20-25,28,30H,9,16,18-19H2,1-8H3;2*1-2H3/b2*13-12+;;/t21-,22-,23-,24-,27-,29-,34-,35+,36+;21-,22-,23-,24-,25-,28-,30-,35-,36+;;/m11../s1. The molecule has 0 N–H and O–H groups in total. The Morgan fingerprint density at radius 1 is 0.538 bits per heavy atom. The van der Waals surface area contributed by atoms with Gasteiger partial charge in [0.15, 0.2) is 5.78 Å². The number of para-hydroxylation sites is 2. The number of halogens is 1. The molecule has 4 aromatic rings. The number of ether oxygens (including phenoxy) is 6. The van der Waals surface area contributed by atoms with E-state index in [1.165, 1.54) is 0 Å². The van der Waals surface area contributed by atoms with Gasteiger partial charge in [0.25, 0.3) is 5.67 Å². The average molecular weight is 1290 g/mol. The lowest BCUT2D eigenvalue weighted by atomic mass is 9.68. The van der Waals surface area contributed by atoms with Gasteiger partial charge in [0.05, 0.1) is 48.3 Å². The van der Waals surface area contributed by atoms with Gasteiger partial charge in [-0.3, -0.25) is 43.5 Å². The third kappa shape index (κ3) is 17.2. The van der Waals surface area contributed by atoms with Gasteiger partial charge >= 0.3 is 23.9 Å². The van der Waals surface area contributed by atoms with Crippen LogP contribution in [-0.2, 0) is 66.8 Å². The van der Waals surface area contributed by atoms with E-state index in [-0.39, 0.29) is 62.2 Å². The van der Waals surface area contributed by atoms with Gasteiger partial charge in [0.2, 0.25) is 0 Å². The van der Waals surface area contributed by atoms with E-state index in [0.717, 1.165) is 39.9 Å². The lowest BCUT2D eigenvalue weighted by Crippen LogP contribution is -2.55. The molecular weight excluding hydrogens is 1180 g/mol. The Labute approximate surface area is 551 Å². The predicted molar refractivity (Wildman–Crippen MR) is 360 cm³/mol. The molecule has 4 aliphatic heterocycles. The second-order valence-electron chi connectivity index (χ2n) is 26.8. The SMILES string of the molecule is CC.CC.CC[C@H]1OC(=O)[C@@](C)(F)C(=O)[C@H](C)[C@@H](C)[C@](C)(OC/C=C/c2cnc3ccccc3c2)C[C@@H](C)C(=O)[C@H](C)[C@H]2CC(=O)O[C@@]21C.CC[C@H]1OC(=O)[C@H](C)C(=O)[C@H](C)[C@@H](C)[C@](C)(OC/C=C/c2cnc3ccccc3c2)C[C@@H](C)C(=O)[C@H](C)[C@H]2CC(=O)O[C@@]21C. The number of benzene rings is 2. The molecule has 0 saturated carbocycles. The van der Waals surface area contributed by atoms with Gasteiger partial charge in [-0.1, -0.05) is 158 Å². The fraction of sp³-hybridized carbons (Fsp3) is 0.605. The van der Waals surface area contributed by atoms with E-state index in [0.29, 0.717) is 12.8 Å². The number of hydrogen-bond donors (Lipinski definition) is 0. The number of carbonyl (C=O) groups excluding carboxylic acids is 8. The molecule has 0 radical (unpaired) electrons. The van der Waals surface area contributed by atoms with E-state index >= 15 is 4.39 Å². The maximum absolute atomic E-state index is 16.1. The van der Waals surface area contributed by atoms with Gasteiger partial charge in [-0.25, -0.2) is 9.18 Å². The summed E-state index contributed by atoms with van der Waals surface area (Å²) >= 11 is 0. The summed E-state index contributed by atoms with van der Waals surface area (Å²) in [4.78, 5) is 116. The van der Waals surface area contributed by atoms with Crippen LogP contribution in [0.4, 0.5) is 4.39 Å². The fourth-order valence-electron chi connectivity index (χ4n) is 14.4. The van der Waals surface area contributed by atoms with Crippen LogP contribution < -0.4 is 0 Å². The minimum Gasteiger partial charge on any atom is -0.458 e. The first kappa shape index (κ1) is 76.9. The second-order valence-corrected chi connectivity index (χ2v) is 26.8. The van der Waals surface area contributed by atoms with E-state index in [4.69, 9.17) is 28.4 Å². The zero-order chi connectivity index (χ0) is 69.7. The number of Topliss-reactive ketones (excluding diaryl/α,β-unsaturated/α-hetero) is 4. The van der Waals surface area contributed by atoms with Crippen LogP contribution in [0.5, 0.6) is 0 Å². The largest absolute Gasteiger partial charge is 0.458 e. The summed E-state index contributed by atoms with van der Waals surface area (Å²) in [5.74, 6) is -10.8. The maximum atomic E-state index is 16.1. The van der Waals surface area contributed by atoms with Crippen molar-refractivity contribution >= 4 is 81.0 Å². The first-order valence-corrected chi connectivity index (χ1v) is 33.8. The fourth-order valence-corrected chi connectivity index (χ4v) is 14.4. The Morgan fingerprint density at radius 3 is 1.33 bits per heavy atom. The van der Waals surface area contributed by atoms with E-state index in [9.17, 15) is 38.4 Å². The molecular formula is C76H105FN2O14. The van der Waals surface area contributed by atoms with E-state index < -0.39 is 129 Å². The van der Waals surface area contributed by atoms with Crippen molar-refractivity contribution in [2.45, 2.75) is 217 Å². The summed E-state index contributed by atoms with van der Waals surface area (Å²) in [5, 5.41) is 2.05. The third-order valence-corrected chi connectivity index (χ3v) is 20.7. The van der Waals surface area contributed by atoms with Gasteiger partial charge in [-0.05, 0) is 114 Å². The molecule has 0 aliphatic carbocycles. The van der Waals surface area contributed by atoms with Gasteiger partial charge in [0, 0.05) is 70.5 Å². The highest BCUT2D eigenvalue weighted by Crippen LogP contribution is 2.48. The summed E-state index contributed by atoms with van der Waals surface area (Å²) in [6.45, 7) is 36.0. The van der Waals surface area contributed by atoms with Crippen LogP contribution in [0.3, 0.4) is 0 Å². The minimum absolute atomic E-state index is 0.00934. The van der Waals surface area contributed by atoms with Crippen molar-refractivity contribution in [3.63, 3.8) is 0 Å². The zero-order valence-electron chi connectivity index (χ0n) is 58.9. The maximum Gasteiger partial charge on any atom is 0.351 e. The Kier molecular flexibility index (Phi) is 26.9. The van der Waals surface area contributed by atoms with Crippen molar-refractivity contribution in [3.8, 4) is 0 Å². The molecule has 18 atom stereocenters. The molecule has 0 amide bonds. The molecule has 6 heterocycles. The number of carbonyl (C=O) groups is 8. The first-order valence-electron chi connectivity index (χ1n) is 33.8. The van der Waals surface area contributed by atoms with E-state index in [2.05, 4.69) is 16.0 Å². The zero-order valence-corrected chi connectivity index (χ0v) is 58.9. The quantitative estimate of drug-likeness (QED) is 0.0819. The summed E-state index contributed by atoms with van der Waals surface area (Å²) in [7, 11) is 0. The smallest absolute Gasteiger partial charge is 0.351 e. The number of alkyl halides is 1. The molecule has 2 aromatic heterocycles. The van der Waals surface area contributed by atoms with E-state index in [1.807, 2.05) is 168 Å². The first-order chi connectivity index (χ1) is 43.8. The highest BCUT2D eigenvalue weighted by atomic mass is 19.1. The van der Waals surface area contributed by atoms with Crippen molar-refractivity contribution in [3.05, 3.63) is 96.3 Å². The van der Waals surface area contributed by atoms with Crippen LogP contribution in [0.1, 0.15) is 188 Å². The number of aromatic nitrogens is 2. The van der Waals surface area contributed by atoms with Gasteiger partial charge in [-0.15, -0.1) is 0 Å². The summed E-state index contributed by atoms with van der Waals surface area (Å²) in [6, 6.07) is 19.8. The topological polar surface area (TPSA) is 218 Å². The van der Waals surface area contributed by atoms with Crippen LogP contribution in [0.15, 0.2) is 85.2 Å². The van der Waals surface area contributed by atoms with Crippen molar-refractivity contribution in [1.82, 2.24) is 9.97 Å². The predicted octanol–water partition coefficient (Wildman–Crippen LogP) is 14.9. The lowest BCUT2D eigenvalue weighted by Gasteiger charge is -2.43. The van der Waals surface area contributed by atoms with Crippen LogP contribution in [-0.4, -0.2) is 110 Å². The summed E-state index contributed by atoms with van der Waals surface area (Å²) in [6.07, 6.45) is 10.6. The molecule has 0 bridgehead atoms. The monoisotopic (exact) mass is 1290 g/mol. The number of rotatable bonds is 10. The number of nitrogens with zero attached hydrogens (tertiary/aromatic N) is 2. The number of fused-ring (bicyclic) bond motifs is 4. The molecule has 4 fully saturated rings. The number of ketones is 4. The Balaban J connectivity index is 0.000000320. The number of hydrogen-bond acceptors (Lipinski definition) is 16. The Morgan fingerprint density at radius 2 is 0.925 bits per heavy atom. The van der Waals surface area contributed by atoms with Crippen molar-refractivity contribution in [1.29, 1.82) is 0 Å². The minimum atomic E-state index is -2.95. The number of cyclic esters (lactones) is 2. The molecule has 8 rings (SSSR count). The molecule has 0 unspecified atom stereocenters. The summed E-state index contributed by atoms with van der Waals surface area (Å²) in [5.41, 5.74) is -3.78. The van der Waals surface area contributed by atoms with Crippen LogP contribution in [0.2, 0.25) is 0 Å². The third-order valence-electron chi connectivity index (χ3n) is 20.7. The highest BCUT2D eigenvalue weighted by Gasteiger charge is 2.59. The van der Waals surface area contributed by atoms with Crippen LogP contribution in [0, 0.1) is 65.1 Å². The molecule has 17 heteroatoms. The van der Waals surface area contributed by atoms with Crippen molar-refractivity contribution in [2.24, 2.45) is 65.1 Å². The Hall–Kier alpha value is -6.85. The van der Waals surface area contributed by atoms with Gasteiger partial charge < -0.3 is 28.4 Å². The van der Waals surface area contributed by atoms with E-state index in [1.54, 1.807) is 54.7 Å². The van der Waals surface area contributed by atoms with Crippen LogP contribution in [0.25, 0.3) is 34.0 Å².